The summed E-state index contributed by atoms with van der Waals surface area (Å²) in [5.74, 6) is 1.72. The van der Waals surface area contributed by atoms with Gasteiger partial charge in [-0.25, -0.2) is 4.68 Å². The molecule has 0 bridgehead atoms. The molecule has 4 nitrogen and oxygen atoms in total. The van der Waals surface area contributed by atoms with Crippen LogP contribution in [0.5, 0.6) is 0 Å². The van der Waals surface area contributed by atoms with Gasteiger partial charge < -0.3 is 9.73 Å². The Balaban J connectivity index is 1.60. The topological polar surface area (TPSA) is 47.6 Å². The average molecular weight is 344 g/mol. The molecular weight excluding hydrogens is 322 g/mol. The Hall–Kier alpha value is -3.11. The van der Waals surface area contributed by atoms with E-state index < -0.39 is 0 Å². The summed E-state index contributed by atoms with van der Waals surface area (Å²) < 4.78 is 7.76. The Labute approximate surface area is 153 Å². The molecule has 0 unspecified atom stereocenters. The SMILES string of the molecule is Cc1ccc(-c2nn(-c3ccccc3)cc2C[NH2+]Cc2ccccc2)o1. The van der Waals surface area contributed by atoms with Crippen LogP contribution in [-0.4, -0.2) is 9.78 Å². The summed E-state index contributed by atoms with van der Waals surface area (Å²) in [6, 6.07) is 24.7. The molecule has 2 N–H and O–H groups in total. The van der Waals surface area contributed by atoms with Crippen LogP contribution in [-0.2, 0) is 13.1 Å². The van der Waals surface area contributed by atoms with Crippen molar-refractivity contribution in [3.63, 3.8) is 0 Å². The molecule has 0 aliphatic heterocycles. The van der Waals surface area contributed by atoms with Crippen molar-refractivity contribution >= 4 is 0 Å². The first-order chi connectivity index (χ1) is 12.8. The first kappa shape index (κ1) is 16.4. The third-order valence-electron chi connectivity index (χ3n) is 4.37. The smallest absolute Gasteiger partial charge is 0.155 e. The number of aromatic nitrogens is 2. The number of hydrogen-bond acceptors (Lipinski definition) is 2. The van der Waals surface area contributed by atoms with E-state index in [1.165, 1.54) is 11.1 Å². The monoisotopic (exact) mass is 344 g/mol. The average Bonchev–Trinajstić information content (AvgIpc) is 3.30. The third kappa shape index (κ3) is 3.60. The van der Waals surface area contributed by atoms with Gasteiger partial charge in [0.05, 0.1) is 11.3 Å². The van der Waals surface area contributed by atoms with E-state index in [4.69, 9.17) is 9.52 Å². The fourth-order valence-electron chi connectivity index (χ4n) is 3.05. The second-order valence-corrected chi connectivity index (χ2v) is 6.38. The summed E-state index contributed by atoms with van der Waals surface area (Å²) in [6.45, 7) is 3.74. The van der Waals surface area contributed by atoms with Gasteiger partial charge in [0.25, 0.3) is 0 Å². The molecule has 4 heteroatoms. The quantitative estimate of drug-likeness (QED) is 0.580. The number of quaternary nitrogens is 1. The number of hydrogen-bond donors (Lipinski definition) is 1. The van der Waals surface area contributed by atoms with E-state index in [-0.39, 0.29) is 0 Å². The Morgan fingerprint density at radius 2 is 1.62 bits per heavy atom. The lowest BCUT2D eigenvalue weighted by Gasteiger charge is -2.01. The molecule has 0 aliphatic rings. The van der Waals surface area contributed by atoms with E-state index in [2.05, 4.69) is 47.9 Å². The van der Waals surface area contributed by atoms with Gasteiger partial charge in [-0.05, 0) is 31.2 Å². The lowest BCUT2D eigenvalue weighted by atomic mass is 10.2. The minimum atomic E-state index is 0.820. The van der Waals surface area contributed by atoms with Crippen LogP contribution in [0, 0.1) is 6.92 Å². The van der Waals surface area contributed by atoms with Crippen LogP contribution in [0.1, 0.15) is 16.9 Å². The first-order valence-electron chi connectivity index (χ1n) is 8.86. The Kier molecular flexibility index (Phi) is 4.67. The molecule has 130 valence electrons. The summed E-state index contributed by atoms with van der Waals surface area (Å²) in [5, 5.41) is 7.09. The highest BCUT2D eigenvalue weighted by Gasteiger charge is 2.16. The minimum absolute atomic E-state index is 0.820. The van der Waals surface area contributed by atoms with Gasteiger partial charge in [-0.2, -0.15) is 5.10 Å². The normalized spacial score (nSPS) is 11.0. The second-order valence-electron chi connectivity index (χ2n) is 6.38. The summed E-state index contributed by atoms with van der Waals surface area (Å²) in [7, 11) is 0. The maximum Gasteiger partial charge on any atom is 0.155 e. The molecule has 0 saturated heterocycles. The van der Waals surface area contributed by atoms with Gasteiger partial charge in [0.1, 0.15) is 24.5 Å². The zero-order valence-corrected chi connectivity index (χ0v) is 14.8. The van der Waals surface area contributed by atoms with Gasteiger partial charge in [0.15, 0.2) is 5.76 Å². The summed E-state index contributed by atoms with van der Waals surface area (Å²) in [5.41, 5.74) is 4.44. The van der Waals surface area contributed by atoms with Crippen molar-refractivity contribution in [1.82, 2.24) is 9.78 Å². The molecule has 2 aromatic carbocycles. The Morgan fingerprint density at radius 3 is 2.31 bits per heavy atom. The van der Waals surface area contributed by atoms with Crippen LogP contribution in [0.4, 0.5) is 0 Å². The molecule has 0 radical (unpaired) electrons. The van der Waals surface area contributed by atoms with Crippen molar-refractivity contribution in [2.45, 2.75) is 20.0 Å². The van der Waals surface area contributed by atoms with Gasteiger partial charge >= 0.3 is 0 Å². The molecule has 0 spiro atoms. The second kappa shape index (κ2) is 7.42. The van der Waals surface area contributed by atoms with Crippen LogP contribution in [0.3, 0.4) is 0 Å². The van der Waals surface area contributed by atoms with E-state index in [9.17, 15) is 0 Å². The molecule has 2 aromatic heterocycles. The Morgan fingerprint density at radius 1 is 0.885 bits per heavy atom. The largest absolute Gasteiger partial charge is 0.460 e. The summed E-state index contributed by atoms with van der Waals surface area (Å²) in [6.07, 6.45) is 2.10. The molecule has 0 amide bonds. The number of nitrogens with two attached hydrogens (primary N) is 1. The van der Waals surface area contributed by atoms with E-state index >= 15 is 0 Å². The maximum absolute atomic E-state index is 5.83. The predicted molar refractivity (Wildman–Crippen MR) is 102 cm³/mol. The molecule has 26 heavy (non-hydrogen) atoms. The van der Waals surface area contributed by atoms with Crippen molar-refractivity contribution < 1.29 is 9.73 Å². The standard InChI is InChI=1S/C22H21N3O/c1-17-12-13-21(26-17)22-19(15-23-14-18-8-4-2-5-9-18)16-25(24-22)20-10-6-3-7-11-20/h2-13,16,23H,14-15H2,1H3/p+1. The number of nitrogens with zero attached hydrogens (tertiary/aromatic N) is 2. The molecule has 4 aromatic rings. The van der Waals surface area contributed by atoms with Crippen LogP contribution in [0.15, 0.2) is 83.4 Å². The molecule has 0 fully saturated rings. The van der Waals surface area contributed by atoms with E-state index in [1.54, 1.807) is 0 Å². The highest BCUT2D eigenvalue weighted by atomic mass is 16.3. The van der Waals surface area contributed by atoms with Crippen LogP contribution < -0.4 is 5.32 Å². The predicted octanol–water partition coefficient (Wildman–Crippen LogP) is 3.70. The van der Waals surface area contributed by atoms with Crippen LogP contribution in [0.25, 0.3) is 17.1 Å². The molecule has 0 saturated carbocycles. The summed E-state index contributed by atoms with van der Waals surface area (Å²) >= 11 is 0. The number of aryl methyl sites for hydroxylation is 1. The van der Waals surface area contributed by atoms with Gasteiger partial charge in [-0.1, -0.05) is 48.5 Å². The zero-order chi connectivity index (χ0) is 17.8. The van der Waals surface area contributed by atoms with Crippen molar-refractivity contribution in [1.29, 1.82) is 0 Å². The molecule has 2 heterocycles. The van der Waals surface area contributed by atoms with E-state index in [1.807, 2.05) is 48.0 Å². The summed E-state index contributed by atoms with van der Waals surface area (Å²) in [4.78, 5) is 0. The van der Waals surface area contributed by atoms with Crippen LogP contribution >= 0.6 is 0 Å². The number of furan rings is 1. The number of rotatable bonds is 6. The Bertz CT molecular complexity index is 971. The van der Waals surface area contributed by atoms with Gasteiger partial charge in [0.2, 0.25) is 0 Å². The first-order valence-corrected chi connectivity index (χ1v) is 8.86. The van der Waals surface area contributed by atoms with Crippen molar-refractivity contribution in [2.75, 3.05) is 0 Å². The highest BCUT2D eigenvalue weighted by molar-refractivity contribution is 5.57. The van der Waals surface area contributed by atoms with Crippen molar-refractivity contribution in [3.05, 3.63) is 95.9 Å². The van der Waals surface area contributed by atoms with E-state index in [0.29, 0.717) is 0 Å². The maximum atomic E-state index is 5.83. The molecule has 0 aliphatic carbocycles. The number of para-hydroxylation sites is 1. The van der Waals surface area contributed by atoms with Crippen molar-refractivity contribution in [3.8, 4) is 17.1 Å². The fraction of sp³-hybridized carbons (Fsp3) is 0.136. The zero-order valence-electron chi connectivity index (χ0n) is 14.8. The van der Waals surface area contributed by atoms with Gasteiger partial charge in [-0.3, -0.25) is 0 Å². The van der Waals surface area contributed by atoms with Crippen molar-refractivity contribution in [2.24, 2.45) is 0 Å². The fourth-order valence-corrected chi connectivity index (χ4v) is 3.05. The lowest BCUT2D eigenvalue weighted by molar-refractivity contribution is -0.686. The van der Waals surface area contributed by atoms with Gasteiger partial charge in [0, 0.05) is 11.8 Å². The molecular formula is C22H22N3O+. The molecule has 0 atom stereocenters. The third-order valence-corrected chi connectivity index (χ3v) is 4.37. The van der Waals surface area contributed by atoms with Gasteiger partial charge in [-0.15, -0.1) is 0 Å². The number of benzene rings is 2. The lowest BCUT2D eigenvalue weighted by Crippen LogP contribution is -2.80. The highest BCUT2D eigenvalue weighted by Crippen LogP contribution is 2.25. The molecule has 4 rings (SSSR count). The minimum Gasteiger partial charge on any atom is -0.460 e. The van der Waals surface area contributed by atoms with E-state index in [0.717, 1.165) is 36.0 Å². The van der Waals surface area contributed by atoms with Crippen LogP contribution in [0.2, 0.25) is 0 Å².